The number of nitrogens with one attached hydrogen (secondary N) is 2. The van der Waals surface area contributed by atoms with Crippen LogP contribution in [0.15, 0.2) is 36.4 Å². The Balaban J connectivity index is 1.51. The molecule has 2 N–H and O–H groups in total. The lowest BCUT2D eigenvalue weighted by atomic mass is 10.0. The molecule has 0 aliphatic heterocycles. The zero-order chi connectivity index (χ0) is 24.0. The molecule has 0 bridgehead atoms. The third kappa shape index (κ3) is 4.69. The summed E-state index contributed by atoms with van der Waals surface area (Å²) < 4.78 is 1.92. The van der Waals surface area contributed by atoms with Crippen molar-refractivity contribution in [1.29, 1.82) is 0 Å². The Hall–Kier alpha value is -3.22. The lowest BCUT2D eigenvalue weighted by molar-refractivity contribution is -0.123. The Kier molecular flexibility index (Phi) is 5.66. The summed E-state index contributed by atoms with van der Waals surface area (Å²) in [4.78, 5) is 31.7. The van der Waals surface area contributed by atoms with Crippen molar-refractivity contribution >= 4 is 22.8 Å². The molecule has 1 unspecified atom stereocenters. The molecule has 2 amide bonds. The molecule has 1 aromatic carbocycles. The van der Waals surface area contributed by atoms with Gasteiger partial charge in [0.15, 0.2) is 5.65 Å². The van der Waals surface area contributed by atoms with Crippen LogP contribution in [0.1, 0.15) is 79.7 Å². The Morgan fingerprint density at radius 3 is 2.44 bits per heavy atom. The first-order valence-corrected chi connectivity index (χ1v) is 12.3. The maximum absolute atomic E-state index is 13.7. The van der Waals surface area contributed by atoms with E-state index < -0.39 is 6.04 Å². The number of aryl methyl sites for hydroxylation is 1. The Morgan fingerprint density at radius 1 is 1.12 bits per heavy atom. The first kappa shape index (κ1) is 22.6. The molecule has 5 rings (SSSR count). The summed E-state index contributed by atoms with van der Waals surface area (Å²) in [5, 5.41) is 11.6. The van der Waals surface area contributed by atoms with Crippen LogP contribution < -0.4 is 10.6 Å². The van der Waals surface area contributed by atoms with Crippen LogP contribution in [0.25, 0.3) is 11.0 Å². The molecule has 3 aromatic rings. The standard InChI is InChI=1S/C27H33N5O2/c1-16-23-20(15-21(18-10-11-18)29-24(23)32(31-16)27(2,3)4)25(33)30-22(26(34)28-19-12-13-19)14-17-8-6-5-7-9-17/h5-9,15,18-19,22H,10-14H2,1-4H3,(H,28,34)(H,30,33). The third-order valence-corrected chi connectivity index (χ3v) is 6.54. The van der Waals surface area contributed by atoms with Crippen LogP contribution in [0, 0.1) is 6.92 Å². The highest BCUT2D eigenvalue weighted by atomic mass is 16.2. The predicted octanol–water partition coefficient (Wildman–Crippen LogP) is 3.99. The number of hydrogen-bond acceptors (Lipinski definition) is 4. The molecule has 0 spiro atoms. The van der Waals surface area contributed by atoms with Crippen LogP contribution >= 0.6 is 0 Å². The van der Waals surface area contributed by atoms with E-state index in [1.165, 1.54) is 0 Å². The van der Waals surface area contributed by atoms with E-state index in [-0.39, 0.29) is 23.4 Å². The van der Waals surface area contributed by atoms with E-state index in [0.717, 1.165) is 53.7 Å². The molecule has 7 heteroatoms. The van der Waals surface area contributed by atoms with Gasteiger partial charge in [-0.3, -0.25) is 9.59 Å². The molecule has 34 heavy (non-hydrogen) atoms. The van der Waals surface area contributed by atoms with Crippen molar-refractivity contribution in [2.75, 3.05) is 0 Å². The van der Waals surface area contributed by atoms with Gasteiger partial charge in [0.25, 0.3) is 5.91 Å². The van der Waals surface area contributed by atoms with Crippen LogP contribution in [0.3, 0.4) is 0 Å². The molecule has 2 aliphatic rings. The average molecular weight is 460 g/mol. The highest BCUT2D eigenvalue weighted by Gasteiger charge is 2.32. The van der Waals surface area contributed by atoms with E-state index in [1.54, 1.807) is 0 Å². The fraction of sp³-hybridized carbons (Fsp3) is 0.481. The van der Waals surface area contributed by atoms with Crippen molar-refractivity contribution in [3.05, 3.63) is 58.9 Å². The minimum atomic E-state index is -0.652. The molecule has 2 aliphatic carbocycles. The Morgan fingerprint density at radius 2 is 1.82 bits per heavy atom. The van der Waals surface area contributed by atoms with Crippen LogP contribution in [-0.4, -0.2) is 38.7 Å². The summed E-state index contributed by atoms with van der Waals surface area (Å²) in [6.45, 7) is 8.17. The van der Waals surface area contributed by atoms with Crippen molar-refractivity contribution in [1.82, 2.24) is 25.4 Å². The van der Waals surface area contributed by atoms with Gasteiger partial charge in [-0.1, -0.05) is 30.3 Å². The van der Waals surface area contributed by atoms with Gasteiger partial charge in [0.1, 0.15) is 6.04 Å². The fourth-order valence-corrected chi connectivity index (χ4v) is 4.37. The van der Waals surface area contributed by atoms with E-state index in [1.807, 2.05) is 48.0 Å². The normalized spacial score (nSPS) is 16.9. The van der Waals surface area contributed by atoms with E-state index in [0.29, 0.717) is 17.9 Å². The van der Waals surface area contributed by atoms with E-state index in [2.05, 4.69) is 31.4 Å². The van der Waals surface area contributed by atoms with Crippen molar-refractivity contribution in [2.24, 2.45) is 0 Å². The van der Waals surface area contributed by atoms with Crippen molar-refractivity contribution in [2.45, 2.75) is 83.3 Å². The van der Waals surface area contributed by atoms with Gasteiger partial charge in [-0.2, -0.15) is 5.10 Å². The van der Waals surface area contributed by atoms with Crippen LogP contribution in [0.5, 0.6) is 0 Å². The monoisotopic (exact) mass is 459 g/mol. The number of amides is 2. The second-order valence-corrected chi connectivity index (χ2v) is 10.7. The van der Waals surface area contributed by atoms with Crippen LogP contribution in [0.2, 0.25) is 0 Å². The molecule has 2 heterocycles. The number of fused-ring (bicyclic) bond motifs is 1. The number of nitrogens with zero attached hydrogens (tertiary/aromatic N) is 3. The van der Waals surface area contributed by atoms with Gasteiger partial charge in [0, 0.05) is 24.1 Å². The predicted molar refractivity (Wildman–Crippen MR) is 132 cm³/mol. The van der Waals surface area contributed by atoms with Gasteiger partial charge in [-0.25, -0.2) is 9.67 Å². The number of carbonyl (C=O) groups excluding carboxylic acids is 2. The first-order chi connectivity index (χ1) is 16.2. The molecule has 178 valence electrons. The van der Waals surface area contributed by atoms with Crippen LogP contribution in [-0.2, 0) is 16.8 Å². The number of rotatable bonds is 7. The number of carbonyl (C=O) groups is 2. The van der Waals surface area contributed by atoms with E-state index >= 15 is 0 Å². The third-order valence-electron chi connectivity index (χ3n) is 6.54. The van der Waals surface area contributed by atoms with Crippen LogP contribution in [0.4, 0.5) is 0 Å². The zero-order valence-corrected chi connectivity index (χ0v) is 20.4. The minimum Gasteiger partial charge on any atom is -0.352 e. The molecule has 2 saturated carbocycles. The minimum absolute atomic E-state index is 0.130. The molecular weight excluding hydrogens is 426 g/mol. The van der Waals surface area contributed by atoms with E-state index in [4.69, 9.17) is 10.1 Å². The quantitative estimate of drug-likeness (QED) is 0.559. The Labute approximate surface area is 200 Å². The largest absolute Gasteiger partial charge is 0.352 e. The maximum atomic E-state index is 13.7. The molecule has 2 aromatic heterocycles. The number of pyridine rings is 1. The summed E-state index contributed by atoms with van der Waals surface area (Å²) in [6, 6.07) is 11.3. The Bertz CT molecular complexity index is 1230. The number of hydrogen-bond donors (Lipinski definition) is 2. The first-order valence-electron chi connectivity index (χ1n) is 12.3. The number of aromatic nitrogens is 3. The smallest absolute Gasteiger partial charge is 0.252 e. The van der Waals surface area contributed by atoms with Gasteiger partial charge in [-0.05, 0) is 65.0 Å². The summed E-state index contributed by atoms with van der Waals surface area (Å²) in [5.41, 5.74) is 3.74. The average Bonchev–Trinajstić information content (AvgIpc) is 3.72. The highest BCUT2D eigenvalue weighted by Crippen LogP contribution is 2.41. The second-order valence-electron chi connectivity index (χ2n) is 10.7. The van der Waals surface area contributed by atoms with Gasteiger partial charge >= 0.3 is 0 Å². The summed E-state index contributed by atoms with van der Waals surface area (Å²) in [6.07, 6.45) is 4.61. The fourth-order valence-electron chi connectivity index (χ4n) is 4.37. The van der Waals surface area contributed by atoms with E-state index in [9.17, 15) is 9.59 Å². The molecule has 1 atom stereocenters. The van der Waals surface area contributed by atoms with Gasteiger partial charge in [0.2, 0.25) is 5.91 Å². The van der Waals surface area contributed by atoms with Crippen molar-refractivity contribution < 1.29 is 9.59 Å². The zero-order valence-electron chi connectivity index (χ0n) is 20.4. The highest BCUT2D eigenvalue weighted by molar-refractivity contribution is 6.08. The van der Waals surface area contributed by atoms with Gasteiger partial charge < -0.3 is 10.6 Å². The lowest BCUT2D eigenvalue weighted by Gasteiger charge is -2.21. The summed E-state index contributed by atoms with van der Waals surface area (Å²) in [7, 11) is 0. The molecular formula is C27H33N5O2. The topological polar surface area (TPSA) is 88.9 Å². The van der Waals surface area contributed by atoms with Gasteiger partial charge in [-0.15, -0.1) is 0 Å². The lowest BCUT2D eigenvalue weighted by Crippen LogP contribution is -2.48. The molecule has 7 nitrogen and oxygen atoms in total. The summed E-state index contributed by atoms with van der Waals surface area (Å²) >= 11 is 0. The molecule has 2 fully saturated rings. The van der Waals surface area contributed by atoms with Crippen molar-refractivity contribution in [3.63, 3.8) is 0 Å². The van der Waals surface area contributed by atoms with Gasteiger partial charge in [0.05, 0.1) is 22.2 Å². The number of benzene rings is 1. The summed E-state index contributed by atoms with van der Waals surface area (Å²) in [5.74, 6) is 0.00474. The SMILES string of the molecule is Cc1nn(C(C)(C)C)c2nc(C3CC3)cc(C(=O)NC(Cc3ccccc3)C(=O)NC3CC3)c12. The van der Waals surface area contributed by atoms with Crippen molar-refractivity contribution in [3.8, 4) is 0 Å². The second kappa shape index (κ2) is 8.53. The maximum Gasteiger partial charge on any atom is 0.252 e. The molecule has 0 radical (unpaired) electrons. The molecule has 0 saturated heterocycles.